The van der Waals surface area contributed by atoms with Gasteiger partial charge in [-0.25, -0.2) is 8.78 Å². The highest BCUT2D eigenvalue weighted by Crippen LogP contribution is 2.20. The molecule has 0 aliphatic carbocycles. The summed E-state index contributed by atoms with van der Waals surface area (Å²) in [4.78, 5) is 0. The highest BCUT2D eigenvalue weighted by Gasteiger charge is 2.25. The van der Waals surface area contributed by atoms with Crippen LogP contribution in [0.15, 0.2) is 18.2 Å². The van der Waals surface area contributed by atoms with Gasteiger partial charge >= 0.3 is 0 Å². The first-order valence-corrected chi connectivity index (χ1v) is 5.62. The number of halogens is 2. The van der Waals surface area contributed by atoms with Gasteiger partial charge in [0, 0.05) is 12.5 Å². The second kappa shape index (κ2) is 5.78. The molecular weight excluding hydrogens is 238 g/mol. The van der Waals surface area contributed by atoms with E-state index in [4.69, 9.17) is 10.00 Å². The lowest BCUT2D eigenvalue weighted by atomic mass is 9.97. The van der Waals surface area contributed by atoms with Crippen LogP contribution in [0.4, 0.5) is 8.78 Å². The van der Waals surface area contributed by atoms with Gasteiger partial charge in [-0.05, 0) is 33.0 Å². The van der Waals surface area contributed by atoms with Crippen LogP contribution in [0.2, 0.25) is 0 Å². The molecule has 0 saturated carbocycles. The van der Waals surface area contributed by atoms with Gasteiger partial charge in [-0.1, -0.05) is 0 Å². The maximum absolute atomic E-state index is 13.0. The van der Waals surface area contributed by atoms with Crippen LogP contribution in [0, 0.1) is 23.0 Å². The van der Waals surface area contributed by atoms with Crippen LogP contribution in [0.3, 0.4) is 0 Å². The summed E-state index contributed by atoms with van der Waals surface area (Å²) in [6.45, 7) is 3.52. The average molecular weight is 254 g/mol. The highest BCUT2D eigenvalue weighted by molar-refractivity contribution is 5.24. The molecule has 0 aliphatic rings. The zero-order chi connectivity index (χ0) is 13.8. The van der Waals surface area contributed by atoms with Gasteiger partial charge in [-0.2, -0.15) is 5.26 Å². The number of rotatable bonds is 5. The maximum Gasteiger partial charge on any atom is 0.162 e. The Morgan fingerprint density at radius 1 is 1.44 bits per heavy atom. The van der Waals surface area contributed by atoms with Gasteiger partial charge in [0.05, 0.1) is 12.2 Å². The fraction of sp³-hybridized carbons (Fsp3) is 0.462. The van der Waals surface area contributed by atoms with Crippen LogP contribution in [0.1, 0.15) is 20.3 Å². The smallest absolute Gasteiger partial charge is 0.162 e. The molecular formula is C13H16F2N2O. The van der Waals surface area contributed by atoms with E-state index < -0.39 is 17.2 Å². The van der Waals surface area contributed by atoms with E-state index in [9.17, 15) is 8.78 Å². The fourth-order valence-electron chi connectivity index (χ4n) is 1.60. The monoisotopic (exact) mass is 254 g/mol. The molecule has 0 bridgehead atoms. The van der Waals surface area contributed by atoms with Crippen LogP contribution in [-0.2, 0) is 0 Å². The van der Waals surface area contributed by atoms with Crippen molar-refractivity contribution in [2.75, 3.05) is 7.05 Å². The highest BCUT2D eigenvalue weighted by atomic mass is 19.2. The molecule has 1 aromatic rings. The standard InChI is InChI=1S/C13H16F2N2O/c1-9(7-13(2,8-16)17-3)18-10-4-5-11(14)12(15)6-10/h4-6,9,17H,7H2,1-3H3. The molecule has 0 fully saturated rings. The Kier molecular flexibility index (Phi) is 4.62. The lowest BCUT2D eigenvalue weighted by Crippen LogP contribution is -2.41. The summed E-state index contributed by atoms with van der Waals surface area (Å²) in [6.07, 6.45) is 0.130. The molecule has 5 heteroatoms. The quantitative estimate of drug-likeness (QED) is 0.878. The Bertz CT molecular complexity index is 459. The van der Waals surface area contributed by atoms with Crippen molar-refractivity contribution < 1.29 is 13.5 Å². The van der Waals surface area contributed by atoms with Crippen molar-refractivity contribution in [1.82, 2.24) is 5.32 Å². The van der Waals surface area contributed by atoms with Gasteiger partial charge in [0.15, 0.2) is 11.6 Å². The van der Waals surface area contributed by atoms with Crippen molar-refractivity contribution in [3.8, 4) is 11.8 Å². The molecule has 1 N–H and O–H groups in total. The fourth-order valence-corrected chi connectivity index (χ4v) is 1.60. The summed E-state index contributed by atoms with van der Waals surface area (Å²) in [5.74, 6) is -1.61. The van der Waals surface area contributed by atoms with E-state index >= 15 is 0 Å². The Morgan fingerprint density at radius 3 is 2.61 bits per heavy atom. The zero-order valence-electron chi connectivity index (χ0n) is 10.6. The number of hydrogen-bond acceptors (Lipinski definition) is 3. The maximum atomic E-state index is 13.0. The van der Waals surface area contributed by atoms with Gasteiger partial charge in [0.2, 0.25) is 0 Å². The van der Waals surface area contributed by atoms with Crippen molar-refractivity contribution in [1.29, 1.82) is 5.26 Å². The Morgan fingerprint density at radius 2 is 2.11 bits per heavy atom. The normalized spacial score (nSPS) is 15.6. The first-order valence-electron chi connectivity index (χ1n) is 5.62. The summed E-state index contributed by atoms with van der Waals surface area (Å²) in [5.41, 5.74) is -0.710. The van der Waals surface area contributed by atoms with Crippen LogP contribution in [0.25, 0.3) is 0 Å². The molecule has 0 heterocycles. The van der Waals surface area contributed by atoms with E-state index in [-0.39, 0.29) is 11.9 Å². The predicted octanol–water partition coefficient (Wildman–Crippen LogP) is 2.62. The molecule has 1 rings (SSSR count). The van der Waals surface area contributed by atoms with Gasteiger partial charge < -0.3 is 10.1 Å². The zero-order valence-corrected chi connectivity index (χ0v) is 10.6. The number of ether oxygens (including phenoxy) is 1. The summed E-state index contributed by atoms with van der Waals surface area (Å²) >= 11 is 0. The van der Waals surface area contributed by atoms with Crippen LogP contribution in [-0.4, -0.2) is 18.7 Å². The van der Waals surface area contributed by atoms with Gasteiger partial charge in [-0.15, -0.1) is 0 Å². The molecule has 2 unspecified atom stereocenters. The molecule has 98 valence electrons. The third kappa shape index (κ3) is 3.67. The van der Waals surface area contributed by atoms with Gasteiger partial charge in [0.1, 0.15) is 11.3 Å². The van der Waals surface area contributed by atoms with E-state index in [0.717, 1.165) is 12.1 Å². The van der Waals surface area contributed by atoms with Crippen molar-refractivity contribution in [3.05, 3.63) is 29.8 Å². The Labute approximate surface area is 105 Å². The van der Waals surface area contributed by atoms with Crippen molar-refractivity contribution in [2.45, 2.75) is 31.9 Å². The number of hydrogen-bond donors (Lipinski definition) is 1. The summed E-state index contributed by atoms with van der Waals surface area (Å²) in [5, 5.41) is 11.9. The van der Waals surface area contributed by atoms with Crippen molar-refractivity contribution in [2.24, 2.45) is 0 Å². The van der Waals surface area contributed by atoms with Gasteiger partial charge in [-0.3, -0.25) is 0 Å². The van der Waals surface area contributed by atoms with E-state index in [1.165, 1.54) is 6.07 Å². The molecule has 0 spiro atoms. The number of benzene rings is 1. The second-order valence-corrected chi connectivity index (χ2v) is 4.40. The molecule has 0 aliphatic heterocycles. The molecule has 0 aromatic heterocycles. The average Bonchev–Trinajstić information content (AvgIpc) is 2.33. The minimum Gasteiger partial charge on any atom is -0.491 e. The van der Waals surface area contributed by atoms with Crippen LogP contribution >= 0.6 is 0 Å². The van der Waals surface area contributed by atoms with Crippen molar-refractivity contribution >= 4 is 0 Å². The molecule has 18 heavy (non-hydrogen) atoms. The molecule has 0 amide bonds. The Balaban J connectivity index is 2.68. The summed E-state index contributed by atoms with van der Waals surface area (Å²) < 4.78 is 31.2. The van der Waals surface area contributed by atoms with Crippen LogP contribution in [0.5, 0.6) is 5.75 Å². The number of nitriles is 1. The lowest BCUT2D eigenvalue weighted by Gasteiger charge is -2.25. The van der Waals surface area contributed by atoms with E-state index in [0.29, 0.717) is 6.42 Å². The topological polar surface area (TPSA) is 45.0 Å². The van der Waals surface area contributed by atoms with Crippen LogP contribution < -0.4 is 10.1 Å². The van der Waals surface area contributed by atoms with Gasteiger partial charge in [0.25, 0.3) is 0 Å². The molecule has 2 atom stereocenters. The Hall–Kier alpha value is -1.67. The SMILES string of the molecule is CNC(C)(C#N)CC(C)Oc1ccc(F)c(F)c1. The van der Waals surface area contributed by atoms with E-state index in [1.807, 2.05) is 0 Å². The largest absolute Gasteiger partial charge is 0.491 e. The third-order valence-electron chi connectivity index (χ3n) is 2.72. The molecule has 3 nitrogen and oxygen atoms in total. The van der Waals surface area contributed by atoms with Crippen molar-refractivity contribution in [3.63, 3.8) is 0 Å². The minimum atomic E-state index is -0.948. The molecule has 0 saturated heterocycles. The third-order valence-corrected chi connectivity index (χ3v) is 2.72. The first-order chi connectivity index (χ1) is 8.40. The summed E-state index contributed by atoms with van der Waals surface area (Å²) in [7, 11) is 1.69. The second-order valence-electron chi connectivity index (χ2n) is 4.40. The minimum absolute atomic E-state index is 0.248. The van der Waals surface area contributed by atoms with E-state index in [1.54, 1.807) is 20.9 Å². The summed E-state index contributed by atoms with van der Waals surface area (Å²) in [6, 6.07) is 5.51. The first kappa shape index (κ1) is 14.4. The lowest BCUT2D eigenvalue weighted by molar-refractivity contribution is 0.182. The predicted molar refractivity (Wildman–Crippen MR) is 64.1 cm³/mol. The number of nitrogens with one attached hydrogen (secondary N) is 1. The number of nitrogens with zero attached hydrogens (tertiary/aromatic N) is 1. The molecule has 0 radical (unpaired) electrons. The van der Waals surface area contributed by atoms with E-state index in [2.05, 4.69) is 11.4 Å². The molecule has 1 aromatic carbocycles.